The van der Waals surface area contributed by atoms with Crippen LogP contribution in [-0.2, 0) is 11.2 Å². The second kappa shape index (κ2) is 6.46. The first kappa shape index (κ1) is 15.8. The number of amides is 1. The van der Waals surface area contributed by atoms with Crippen molar-refractivity contribution in [3.63, 3.8) is 0 Å². The molecule has 116 valence electrons. The fraction of sp³-hybridized carbons (Fsp3) is 0.200. The van der Waals surface area contributed by atoms with E-state index in [1.165, 1.54) is 12.1 Å². The predicted molar refractivity (Wildman–Crippen MR) is 73.0 cm³/mol. The zero-order chi connectivity index (χ0) is 16.2. The van der Waals surface area contributed by atoms with Crippen LogP contribution >= 0.6 is 0 Å². The van der Waals surface area contributed by atoms with Crippen molar-refractivity contribution in [3.05, 3.63) is 59.9 Å². The Labute approximate surface area is 124 Å². The molecule has 1 unspecified atom stereocenters. The average Bonchev–Trinajstić information content (AvgIpc) is 2.45. The number of carbonyl (C=O) groups excluding carboxylic acids is 1. The number of benzene rings is 1. The largest absolute Gasteiger partial charge is 0.573 e. The maximum atomic E-state index is 12.1. The van der Waals surface area contributed by atoms with Crippen LogP contribution in [0.25, 0.3) is 0 Å². The average molecular weight is 310 g/mol. The maximum absolute atomic E-state index is 12.1. The van der Waals surface area contributed by atoms with Gasteiger partial charge in [-0.15, -0.1) is 13.2 Å². The van der Waals surface area contributed by atoms with Gasteiger partial charge in [0, 0.05) is 12.4 Å². The molecule has 0 spiro atoms. The van der Waals surface area contributed by atoms with Gasteiger partial charge in [-0.3, -0.25) is 9.78 Å². The Balaban J connectivity index is 2.17. The van der Waals surface area contributed by atoms with Gasteiger partial charge >= 0.3 is 6.36 Å². The Hall–Kier alpha value is -2.57. The van der Waals surface area contributed by atoms with Crippen molar-refractivity contribution in [3.8, 4) is 5.75 Å². The Bertz CT molecular complexity index is 627. The lowest BCUT2D eigenvalue weighted by molar-refractivity contribution is -0.274. The topological polar surface area (TPSA) is 65.2 Å². The van der Waals surface area contributed by atoms with Crippen LogP contribution in [0.1, 0.15) is 17.0 Å². The molecule has 7 heteroatoms. The van der Waals surface area contributed by atoms with Gasteiger partial charge in [0.2, 0.25) is 5.91 Å². The molecule has 1 amide bonds. The van der Waals surface area contributed by atoms with Crippen LogP contribution in [0.5, 0.6) is 5.75 Å². The van der Waals surface area contributed by atoms with Crippen molar-refractivity contribution in [1.29, 1.82) is 0 Å². The Morgan fingerprint density at radius 3 is 2.41 bits per heavy atom. The number of aromatic nitrogens is 1. The molecule has 0 aliphatic heterocycles. The highest BCUT2D eigenvalue weighted by Crippen LogP contribution is 2.26. The Morgan fingerprint density at radius 2 is 1.91 bits per heavy atom. The van der Waals surface area contributed by atoms with Crippen molar-refractivity contribution >= 4 is 5.91 Å². The maximum Gasteiger partial charge on any atom is 0.573 e. The molecule has 0 bridgehead atoms. The number of nitrogens with zero attached hydrogens (tertiary/aromatic N) is 1. The molecule has 0 saturated carbocycles. The van der Waals surface area contributed by atoms with Gasteiger partial charge in [-0.05, 0) is 35.7 Å². The van der Waals surface area contributed by atoms with E-state index in [9.17, 15) is 18.0 Å². The minimum Gasteiger partial charge on any atom is -0.406 e. The molecule has 22 heavy (non-hydrogen) atoms. The zero-order valence-electron chi connectivity index (χ0n) is 11.4. The number of ether oxygens (including phenoxy) is 1. The number of halogens is 3. The van der Waals surface area contributed by atoms with E-state index in [2.05, 4.69) is 9.72 Å². The number of hydrogen-bond acceptors (Lipinski definition) is 3. The van der Waals surface area contributed by atoms with Gasteiger partial charge in [-0.2, -0.15) is 0 Å². The van der Waals surface area contributed by atoms with Crippen LogP contribution in [0.3, 0.4) is 0 Å². The van der Waals surface area contributed by atoms with Crippen LogP contribution in [0.2, 0.25) is 0 Å². The smallest absolute Gasteiger partial charge is 0.406 e. The van der Waals surface area contributed by atoms with Gasteiger partial charge in [0.05, 0.1) is 5.92 Å². The lowest BCUT2D eigenvalue weighted by atomic mass is 9.92. The van der Waals surface area contributed by atoms with Gasteiger partial charge in [0.1, 0.15) is 5.75 Å². The van der Waals surface area contributed by atoms with Crippen LogP contribution in [0, 0.1) is 0 Å². The highest BCUT2D eigenvalue weighted by molar-refractivity contribution is 5.82. The second-order valence-corrected chi connectivity index (χ2v) is 4.64. The van der Waals surface area contributed by atoms with Crippen molar-refractivity contribution in [1.82, 2.24) is 4.98 Å². The summed E-state index contributed by atoms with van der Waals surface area (Å²) in [5.74, 6) is -1.56. The van der Waals surface area contributed by atoms with Gasteiger partial charge in [-0.25, -0.2) is 0 Å². The molecular formula is C15H13F3N2O2. The van der Waals surface area contributed by atoms with Crippen molar-refractivity contribution < 1.29 is 22.7 Å². The quantitative estimate of drug-likeness (QED) is 0.923. The van der Waals surface area contributed by atoms with E-state index in [0.717, 1.165) is 17.7 Å². The third kappa shape index (κ3) is 4.47. The number of hydrogen-bond donors (Lipinski definition) is 1. The van der Waals surface area contributed by atoms with E-state index in [1.807, 2.05) is 0 Å². The molecule has 1 atom stereocenters. The molecule has 4 nitrogen and oxygen atoms in total. The molecule has 0 aliphatic carbocycles. The van der Waals surface area contributed by atoms with Gasteiger partial charge in [-0.1, -0.05) is 18.2 Å². The molecule has 1 aromatic heterocycles. The third-order valence-electron chi connectivity index (χ3n) is 3.02. The van der Waals surface area contributed by atoms with E-state index >= 15 is 0 Å². The van der Waals surface area contributed by atoms with Crippen molar-refractivity contribution in [2.75, 3.05) is 0 Å². The fourth-order valence-corrected chi connectivity index (χ4v) is 2.04. The lowest BCUT2D eigenvalue weighted by Crippen LogP contribution is -2.23. The van der Waals surface area contributed by atoms with E-state index in [1.54, 1.807) is 24.5 Å². The first-order chi connectivity index (χ1) is 10.3. The second-order valence-electron chi connectivity index (χ2n) is 4.64. The summed E-state index contributed by atoms with van der Waals surface area (Å²) < 4.78 is 40.1. The first-order valence-corrected chi connectivity index (χ1v) is 6.39. The number of pyridine rings is 1. The third-order valence-corrected chi connectivity index (χ3v) is 3.02. The van der Waals surface area contributed by atoms with E-state index < -0.39 is 18.2 Å². The highest BCUT2D eigenvalue weighted by Gasteiger charge is 2.31. The number of alkyl halides is 3. The van der Waals surface area contributed by atoms with E-state index in [-0.39, 0.29) is 5.75 Å². The Kier molecular flexibility index (Phi) is 4.65. The summed E-state index contributed by atoms with van der Waals surface area (Å²) in [7, 11) is 0. The first-order valence-electron chi connectivity index (χ1n) is 6.39. The summed E-state index contributed by atoms with van der Waals surface area (Å²) in [4.78, 5) is 15.6. The summed E-state index contributed by atoms with van der Waals surface area (Å²) in [5.41, 5.74) is 6.71. The molecule has 1 aromatic carbocycles. The Morgan fingerprint density at radius 1 is 1.23 bits per heavy atom. The van der Waals surface area contributed by atoms with Crippen molar-refractivity contribution in [2.45, 2.75) is 18.7 Å². The SMILES string of the molecule is NC(=O)C(Cc1cccnc1)c1ccc(OC(F)(F)F)cc1. The number of nitrogens with two attached hydrogens (primary N) is 1. The van der Waals surface area contributed by atoms with Gasteiger partial charge in [0.25, 0.3) is 0 Å². The molecule has 1 heterocycles. The minimum absolute atomic E-state index is 0.322. The molecule has 0 saturated heterocycles. The summed E-state index contributed by atoms with van der Waals surface area (Å²) in [5, 5.41) is 0. The number of rotatable bonds is 5. The number of carbonyl (C=O) groups is 1. The van der Waals surface area contributed by atoms with E-state index in [0.29, 0.717) is 12.0 Å². The summed E-state index contributed by atoms with van der Waals surface area (Å²) in [6.45, 7) is 0. The van der Waals surface area contributed by atoms with Gasteiger partial charge in [0.15, 0.2) is 0 Å². The molecule has 0 fully saturated rings. The number of primary amides is 1. The molecule has 0 radical (unpaired) electrons. The van der Waals surface area contributed by atoms with E-state index in [4.69, 9.17) is 5.73 Å². The summed E-state index contributed by atoms with van der Waals surface area (Å²) in [6.07, 6.45) is -1.22. The predicted octanol–water partition coefficient (Wildman–Crippen LogP) is 2.79. The molecule has 2 N–H and O–H groups in total. The molecular weight excluding hydrogens is 297 g/mol. The summed E-state index contributed by atoms with van der Waals surface area (Å²) in [6, 6.07) is 8.63. The standard InChI is InChI=1S/C15H13F3N2O2/c16-15(17,18)22-12-5-3-11(4-6-12)13(14(19)21)8-10-2-1-7-20-9-10/h1-7,9,13H,8H2,(H2,19,21). The van der Waals surface area contributed by atoms with Crippen LogP contribution in [-0.4, -0.2) is 17.3 Å². The van der Waals surface area contributed by atoms with Crippen molar-refractivity contribution in [2.24, 2.45) is 5.73 Å². The molecule has 2 aromatic rings. The lowest BCUT2D eigenvalue weighted by Gasteiger charge is -2.15. The van der Waals surface area contributed by atoms with Crippen LogP contribution in [0.4, 0.5) is 13.2 Å². The van der Waals surface area contributed by atoms with Crippen LogP contribution < -0.4 is 10.5 Å². The minimum atomic E-state index is -4.75. The molecule has 2 rings (SSSR count). The fourth-order valence-electron chi connectivity index (χ4n) is 2.04. The molecule has 0 aliphatic rings. The normalized spacial score (nSPS) is 12.7. The zero-order valence-corrected chi connectivity index (χ0v) is 11.4. The van der Waals surface area contributed by atoms with Gasteiger partial charge < -0.3 is 10.5 Å². The highest BCUT2D eigenvalue weighted by atomic mass is 19.4. The summed E-state index contributed by atoms with van der Waals surface area (Å²) >= 11 is 0. The van der Waals surface area contributed by atoms with Crippen LogP contribution in [0.15, 0.2) is 48.8 Å². The monoisotopic (exact) mass is 310 g/mol.